The van der Waals surface area contributed by atoms with Crippen molar-refractivity contribution in [2.24, 2.45) is 0 Å². The fraction of sp³-hybridized carbons (Fsp3) is 0.533. The number of carbonyl (C=O) groups is 2. The summed E-state index contributed by atoms with van der Waals surface area (Å²) in [6.07, 6.45) is 5.14. The van der Waals surface area contributed by atoms with Gasteiger partial charge in [0.1, 0.15) is 0 Å². The summed E-state index contributed by atoms with van der Waals surface area (Å²) in [5.41, 5.74) is 1.04. The van der Waals surface area contributed by atoms with Crippen LogP contribution in [0.5, 0.6) is 0 Å². The monoisotopic (exact) mass is 278 g/mol. The van der Waals surface area contributed by atoms with Gasteiger partial charge in [-0.3, -0.25) is 14.6 Å². The van der Waals surface area contributed by atoms with Gasteiger partial charge in [-0.25, -0.2) is 0 Å². The zero-order valence-electron chi connectivity index (χ0n) is 12.1. The second-order valence-electron chi connectivity index (χ2n) is 5.04. The lowest BCUT2D eigenvalue weighted by molar-refractivity contribution is -0.138. The number of rotatable bonds is 8. The Morgan fingerprint density at radius 1 is 1.35 bits per heavy atom. The number of nitrogens with zero attached hydrogens (tertiary/aromatic N) is 2. The zero-order chi connectivity index (χ0) is 15.0. The maximum Gasteiger partial charge on any atom is 0.303 e. The predicted molar refractivity (Wildman–Crippen MR) is 76.3 cm³/mol. The van der Waals surface area contributed by atoms with E-state index in [1.54, 1.807) is 17.3 Å². The van der Waals surface area contributed by atoms with E-state index in [4.69, 9.17) is 5.11 Å². The molecule has 0 aromatic carbocycles. The number of aryl methyl sites for hydroxylation is 1. The topological polar surface area (TPSA) is 70.5 Å². The van der Waals surface area contributed by atoms with E-state index in [9.17, 15) is 9.59 Å². The van der Waals surface area contributed by atoms with Crippen LogP contribution >= 0.6 is 0 Å². The van der Waals surface area contributed by atoms with Gasteiger partial charge in [-0.05, 0) is 38.3 Å². The summed E-state index contributed by atoms with van der Waals surface area (Å²) in [6, 6.07) is 3.89. The minimum atomic E-state index is -0.823. The fourth-order valence-electron chi connectivity index (χ4n) is 2.01. The Balaban J connectivity index is 2.45. The molecule has 0 bridgehead atoms. The molecule has 1 aromatic heterocycles. The molecule has 1 aromatic rings. The highest BCUT2D eigenvalue weighted by Crippen LogP contribution is 2.08. The number of pyridine rings is 1. The van der Waals surface area contributed by atoms with E-state index < -0.39 is 5.97 Å². The number of amides is 1. The second-order valence-corrected chi connectivity index (χ2v) is 5.04. The Morgan fingerprint density at radius 3 is 2.65 bits per heavy atom. The number of hydrogen-bond donors (Lipinski definition) is 1. The van der Waals surface area contributed by atoms with Crippen LogP contribution in [0.3, 0.4) is 0 Å². The van der Waals surface area contributed by atoms with E-state index in [1.807, 2.05) is 26.0 Å². The first kappa shape index (κ1) is 16.1. The standard InChI is InChI=1S/C15H22N2O3/c1-12(2)17(10-4-6-15(19)20)14(18)8-7-13-5-3-9-16-11-13/h3,5,9,11-12H,4,6-8,10H2,1-2H3,(H,19,20). The molecule has 1 amide bonds. The highest BCUT2D eigenvalue weighted by Gasteiger charge is 2.16. The molecule has 5 nitrogen and oxygen atoms in total. The molecule has 0 radical (unpaired) electrons. The lowest BCUT2D eigenvalue weighted by Crippen LogP contribution is -2.38. The fourth-order valence-corrected chi connectivity index (χ4v) is 2.01. The molecule has 1 rings (SSSR count). The third-order valence-electron chi connectivity index (χ3n) is 3.08. The number of aromatic nitrogens is 1. The van der Waals surface area contributed by atoms with Crippen LogP contribution in [0.4, 0.5) is 0 Å². The van der Waals surface area contributed by atoms with Crippen LogP contribution in [0, 0.1) is 0 Å². The third kappa shape index (κ3) is 5.82. The molecule has 0 saturated heterocycles. The van der Waals surface area contributed by atoms with Crippen molar-refractivity contribution in [2.75, 3.05) is 6.54 Å². The number of aliphatic carboxylic acids is 1. The first-order valence-electron chi connectivity index (χ1n) is 6.91. The molecule has 0 saturated carbocycles. The molecule has 0 fully saturated rings. The van der Waals surface area contributed by atoms with Gasteiger partial charge in [-0.2, -0.15) is 0 Å². The van der Waals surface area contributed by atoms with Crippen LogP contribution in [0.25, 0.3) is 0 Å². The second kappa shape index (κ2) is 8.30. The maximum absolute atomic E-state index is 12.2. The van der Waals surface area contributed by atoms with Gasteiger partial charge < -0.3 is 10.0 Å². The SMILES string of the molecule is CC(C)N(CCCC(=O)O)C(=O)CCc1cccnc1. The molecule has 0 unspecified atom stereocenters. The minimum Gasteiger partial charge on any atom is -0.481 e. The van der Waals surface area contributed by atoms with Gasteiger partial charge in [0.05, 0.1) is 0 Å². The zero-order valence-corrected chi connectivity index (χ0v) is 12.1. The van der Waals surface area contributed by atoms with Crippen molar-refractivity contribution in [1.82, 2.24) is 9.88 Å². The maximum atomic E-state index is 12.2. The van der Waals surface area contributed by atoms with Gasteiger partial charge in [0.25, 0.3) is 0 Å². The largest absolute Gasteiger partial charge is 0.481 e. The molecular formula is C15H22N2O3. The molecule has 20 heavy (non-hydrogen) atoms. The van der Waals surface area contributed by atoms with Crippen molar-refractivity contribution in [3.05, 3.63) is 30.1 Å². The summed E-state index contributed by atoms with van der Waals surface area (Å²) >= 11 is 0. The number of hydrogen-bond acceptors (Lipinski definition) is 3. The van der Waals surface area contributed by atoms with E-state index in [1.165, 1.54) is 0 Å². The van der Waals surface area contributed by atoms with Crippen molar-refractivity contribution in [1.29, 1.82) is 0 Å². The molecule has 1 heterocycles. The molecule has 0 aliphatic heterocycles. The van der Waals surface area contributed by atoms with Crippen molar-refractivity contribution in [3.63, 3.8) is 0 Å². The van der Waals surface area contributed by atoms with Crippen LogP contribution < -0.4 is 0 Å². The molecular weight excluding hydrogens is 256 g/mol. The smallest absolute Gasteiger partial charge is 0.303 e. The number of carboxylic acids is 1. The highest BCUT2D eigenvalue weighted by atomic mass is 16.4. The average molecular weight is 278 g/mol. The van der Waals surface area contributed by atoms with Crippen molar-refractivity contribution in [3.8, 4) is 0 Å². The van der Waals surface area contributed by atoms with Gasteiger partial charge in [0.15, 0.2) is 0 Å². The third-order valence-corrected chi connectivity index (χ3v) is 3.08. The van der Waals surface area contributed by atoms with Crippen LogP contribution in [0.1, 0.15) is 38.7 Å². The van der Waals surface area contributed by atoms with E-state index in [0.717, 1.165) is 5.56 Å². The van der Waals surface area contributed by atoms with Crippen molar-refractivity contribution in [2.45, 2.75) is 45.6 Å². The van der Waals surface area contributed by atoms with Gasteiger partial charge in [0.2, 0.25) is 5.91 Å². The Hall–Kier alpha value is -1.91. The summed E-state index contributed by atoms with van der Waals surface area (Å²) in [6.45, 7) is 4.39. The minimum absolute atomic E-state index is 0.0641. The summed E-state index contributed by atoms with van der Waals surface area (Å²) in [7, 11) is 0. The summed E-state index contributed by atoms with van der Waals surface area (Å²) in [5.74, 6) is -0.759. The first-order chi connectivity index (χ1) is 9.50. The van der Waals surface area contributed by atoms with Crippen molar-refractivity contribution >= 4 is 11.9 Å². The molecule has 0 spiro atoms. The highest BCUT2D eigenvalue weighted by molar-refractivity contribution is 5.76. The Labute approximate surface area is 119 Å². The molecule has 0 aliphatic carbocycles. The van der Waals surface area contributed by atoms with Crippen LogP contribution in [0.15, 0.2) is 24.5 Å². The Kier molecular flexibility index (Phi) is 6.70. The summed E-state index contributed by atoms with van der Waals surface area (Å²) < 4.78 is 0. The van der Waals surface area contributed by atoms with E-state index >= 15 is 0 Å². The summed E-state index contributed by atoms with van der Waals surface area (Å²) in [4.78, 5) is 28.5. The predicted octanol–water partition coefficient (Wildman–Crippen LogP) is 2.12. The van der Waals surface area contributed by atoms with Crippen LogP contribution in [-0.4, -0.2) is 39.5 Å². The average Bonchev–Trinajstić information content (AvgIpc) is 2.41. The van der Waals surface area contributed by atoms with Gasteiger partial charge in [-0.1, -0.05) is 6.07 Å². The van der Waals surface area contributed by atoms with Crippen molar-refractivity contribution < 1.29 is 14.7 Å². The molecule has 1 N–H and O–H groups in total. The van der Waals surface area contributed by atoms with E-state index in [-0.39, 0.29) is 18.4 Å². The first-order valence-corrected chi connectivity index (χ1v) is 6.91. The van der Waals surface area contributed by atoms with E-state index in [2.05, 4.69) is 4.98 Å². The van der Waals surface area contributed by atoms with Gasteiger partial charge >= 0.3 is 5.97 Å². The van der Waals surface area contributed by atoms with Crippen LogP contribution in [-0.2, 0) is 16.0 Å². The number of carboxylic acid groups (broad SMARTS) is 1. The number of carbonyl (C=O) groups excluding carboxylic acids is 1. The molecule has 0 atom stereocenters. The molecule has 110 valence electrons. The molecule has 5 heteroatoms. The van der Waals surface area contributed by atoms with Gasteiger partial charge in [0, 0.05) is 37.8 Å². The van der Waals surface area contributed by atoms with Gasteiger partial charge in [-0.15, -0.1) is 0 Å². The van der Waals surface area contributed by atoms with E-state index in [0.29, 0.717) is 25.8 Å². The lowest BCUT2D eigenvalue weighted by Gasteiger charge is -2.26. The quantitative estimate of drug-likeness (QED) is 0.790. The van der Waals surface area contributed by atoms with Crippen LogP contribution in [0.2, 0.25) is 0 Å². The normalized spacial score (nSPS) is 10.6. The Morgan fingerprint density at radius 2 is 2.10 bits per heavy atom. The lowest BCUT2D eigenvalue weighted by atomic mass is 10.1. The Bertz CT molecular complexity index is 432. The summed E-state index contributed by atoms with van der Waals surface area (Å²) in [5, 5.41) is 8.65. The molecule has 0 aliphatic rings.